The molecule has 1 aromatic carbocycles. The van der Waals surface area contributed by atoms with Crippen LogP contribution >= 0.6 is 0 Å². The van der Waals surface area contributed by atoms with E-state index in [9.17, 15) is 8.78 Å². The molecule has 16 heavy (non-hydrogen) atoms. The Kier molecular flexibility index (Phi) is 3.69. The molecule has 0 spiro atoms. The SMILES string of the molecule is Fc1ccc(NCCC2OCCO2)cc1F. The van der Waals surface area contributed by atoms with Gasteiger partial charge in [0.25, 0.3) is 0 Å². The first-order valence-corrected chi connectivity index (χ1v) is 5.18. The second-order valence-electron chi connectivity index (χ2n) is 3.52. The van der Waals surface area contributed by atoms with Crippen molar-refractivity contribution in [2.45, 2.75) is 12.7 Å². The second kappa shape index (κ2) is 5.23. The van der Waals surface area contributed by atoms with E-state index in [4.69, 9.17) is 9.47 Å². The van der Waals surface area contributed by atoms with E-state index in [0.29, 0.717) is 31.9 Å². The van der Waals surface area contributed by atoms with E-state index >= 15 is 0 Å². The van der Waals surface area contributed by atoms with Gasteiger partial charge in [-0.05, 0) is 18.2 Å². The van der Waals surface area contributed by atoms with Crippen LogP contribution in [-0.2, 0) is 9.47 Å². The number of rotatable bonds is 4. The van der Waals surface area contributed by atoms with Crippen LogP contribution in [0.5, 0.6) is 0 Å². The maximum Gasteiger partial charge on any atom is 0.160 e. The first kappa shape index (κ1) is 11.3. The summed E-state index contributed by atoms with van der Waals surface area (Å²) in [6.45, 7) is 1.83. The molecule has 1 saturated heterocycles. The highest BCUT2D eigenvalue weighted by atomic mass is 19.2. The van der Waals surface area contributed by atoms with Crippen LogP contribution in [0.25, 0.3) is 0 Å². The lowest BCUT2D eigenvalue weighted by atomic mass is 10.3. The van der Waals surface area contributed by atoms with Crippen molar-refractivity contribution in [2.75, 3.05) is 25.1 Å². The first-order valence-electron chi connectivity index (χ1n) is 5.18. The van der Waals surface area contributed by atoms with Gasteiger partial charge in [-0.25, -0.2) is 8.78 Å². The summed E-state index contributed by atoms with van der Waals surface area (Å²) in [6.07, 6.45) is 0.497. The van der Waals surface area contributed by atoms with Crippen LogP contribution in [-0.4, -0.2) is 26.0 Å². The van der Waals surface area contributed by atoms with Crippen molar-refractivity contribution >= 4 is 5.69 Å². The van der Waals surface area contributed by atoms with E-state index in [2.05, 4.69) is 5.32 Å². The minimum Gasteiger partial charge on any atom is -0.385 e. The summed E-state index contributed by atoms with van der Waals surface area (Å²) in [5.74, 6) is -1.69. The Bertz CT molecular complexity index is 354. The predicted octanol–water partition coefficient (Wildman–Crippen LogP) is 2.14. The summed E-state index contributed by atoms with van der Waals surface area (Å²) in [7, 11) is 0. The molecule has 1 aliphatic rings. The molecule has 0 unspecified atom stereocenters. The molecule has 3 nitrogen and oxygen atoms in total. The van der Waals surface area contributed by atoms with E-state index < -0.39 is 11.6 Å². The second-order valence-corrected chi connectivity index (χ2v) is 3.52. The lowest BCUT2D eigenvalue weighted by Crippen LogP contribution is -2.14. The molecule has 1 N–H and O–H groups in total. The third-order valence-electron chi connectivity index (χ3n) is 2.32. The molecule has 0 aromatic heterocycles. The third kappa shape index (κ3) is 2.90. The molecule has 0 bridgehead atoms. The van der Waals surface area contributed by atoms with E-state index in [-0.39, 0.29) is 6.29 Å². The van der Waals surface area contributed by atoms with Crippen molar-refractivity contribution < 1.29 is 18.3 Å². The van der Waals surface area contributed by atoms with Crippen molar-refractivity contribution in [3.63, 3.8) is 0 Å². The van der Waals surface area contributed by atoms with Crippen LogP contribution < -0.4 is 5.32 Å². The zero-order valence-corrected chi connectivity index (χ0v) is 8.71. The molecule has 0 atom stereocenters. The molecule has 0 radical (unpaired) electrons. The molecular formula is C11H13F2NO2. The minimum atomic E-state index is -0.849. The average Bonchev–Trinajstić information content (AvgIpc) is 2.76. The molecule has 88 valence electrons. The summed E-state index contributed by atoms with van der Waals surface area (Å²) in [5.41, 5.74) is 0.553. The Morgan fingerprint density at radius 2 is 1.94 bits per heavy atom. The largest absolute Gasteiger partial charge is 0.385 e. The zero-order valence-electron chi connectivity index (χ0n) is 8.71. The summed E-state index contributed by atoms with van der Waals surface area (Å²) in [5, 5.41) is 2.97. The smallest absolute Gasteiger partial charge is 0.160 e. The highest BCUT2D eigenvalue weighted by Gasteiger charge is 2.14. The number of hydrogen-bond donors (Lipinski definition) is 1. The molecule has 0 aliphatic carbocycles. The Hall–Kier alpha value is -1.20. The molecule has 1 fully saturated rings. The van der Waals surface area contributed by atoms with Crippen molar-refractivity contribution in [2.24, 2.45) is 0 Å². The normalized spacial score (nSPS) is 16.6. The van der Waals surface area contributed by atoms with Crippen LogP contribution in [0, 0.1) is 11.6 Å². The van der Waals surface area contributed by atoms with Crippen molar-refractivity contribution in [1.29, 1.82) is 0 Å². The van der Waals surface area contributed by atoms with Gasteiger partial charge >= 0.3 is 0 Å². The topological polar surface area (TPSA) is 30.5 Å². The van der Waals surface area contributed by atoms with Crippen LogP contribution in [0.4, 0.5) is 14.5 Å². The van der Waals surface area contributed by atoms with Gasteiger partial charge in [0.15, 0.2) is 17.9 Å². The summed E-state index contributed by atoms with van der Waals surface area (Å²) in [6, 6.07) is 3.72. The number of benzene rings is 1. The Morgan fingerprint density at radius 1 is 1.19 bits per heavy atom. The van der Waals surface area contributed by atoms with Gasteiger partial charge in [0.2, 0.25) is 0 Å². The monoisotopic (exact) mass is 229 g/mol. The fraction of sp³-hybridized carbons (Fsp3) is 0.455. The molecule has 0 saturated carbocycles. The number of hydrogen-bond acceptors (Lipinski definition) is 3. The molecule has 1 heterocycles. The Morgan fingerprint density at radius 3 is 2.62 bits per heavy atom. The van der Waals surface area contributed by atoms with E-state index in [1.165, 1.54) is 6.07 Å². The summed E-state index contributed by atoms with van der Waals surface area (Å²) < 4.78 is 35.9. The Balaban J connectivity index is 1.78. The van der Waals surface area contributed by atoms with Crippen LogP contribution in [0.3, 0.4) is 0 Å². The molecular weight excluding hydrogens is 216 g/mol. The molecule has 0 amide bonds. The number of ether oxygens (including phenoxy) is 2. The van der Waals surface area contributed by atoms with Crippen molar-refractivity contribution in [1.82, 2.24) is 0 Å². The maximum atomic E-state index is 12.8. The fourth-order valence-electron chi connectivity index (χ4n) is 1.51. The highest BCUT2D eigenvalue weighted by molar-refractivity contribution is 5.43. The third-order valence-corrected chi connectivity index (χ3v) is 2.32. The minimum absolute atomic E-state index is 0.183. The molecule has 2 rings (SSSR count). The van der Waals surface area contributed by atoms with Gasteiger partial charge in [0.1, 0.15) is 0 Å². The molecule has 1 aliphatic heterocycles. The lowest BCUT2D eigenvalue weighted by Gasteiger charge is -2.10. The number of halogens is 2. The van der Waals surface area contributed by atoms with Crippen LogP contribution in [0.15, 0.2) is 18.2 Å². The zero-order chi connectivity index (χ0) is 11.4. The van der Waals surface area contributed by atoms with Gasteiger partial charge in [0, 0.05) is 18.7 Å². The number of nitrogens with one attached hydrogen (secondary N) is 1. The van der Waals surface area contributed by atoms with Crippen LogP contribution in [0.1, 0.15) is 6.42 Å². The van der Waals surface area contributed by atoms with Gasteiger partial charge in [-0.15, -0.1) is 0 Å². The summed E-state index contributed by atoms with van der Waals surface area (Å²) in [4.78, 5) is 0. The van der Waals surface area contributed by atoms with Gasteiger partial charge in [-0.1, -0.05) is 0 Å². The molecule has 5 heteroatoms. The highest BCUT2D eigenvalue weighted by Crippen LogP contribution is 2.14. The first-order chi connectivity index (χ1) is 7.75. The van der Waals surface area contributed by atoms with Crippen LogP contribution in [0.2, 0.25) is 0 Å². The number of anilines is 1. The average molecular weight is 229 g/mol. The molecule has 1 aromatic rings. The Labute approximate surface area is 92.4 Å². The van der Waals surface area contributed by atoms with E-state index in [0.717, 1.165) is 12.1 Å². The van der Waals surface area contributed by atoms with Gasteiger partial charge in [-0.2, -0.15) is 0 Å². The van der Waals surface area contributed by atoms with Crippen molar-refractivity contribution in [3.8, 4) is 0 Å². The van der Waals surface area contributed by atoms with Gasteiger partial charge in [-0.3, -0.25) is 0 Å². The van der Waals surface area contributed by atoms with Gasteiger partial charge < -0.3 is 14.8 Å². The van der Waals surface area contributed by atoms with Gasteiger partial charge in [0.05, 0.1) is 13.2 Å². The summed E-state index contributed by atoms with van der Waals surface area (Å²) >= 11 is 0. The van der Waals surface area contributed by atoms with E-state index in [1.54, 1.807) is 0 Å². The maximum absolute atomic E-state index is 12.8. The standard InChI is InChI=1S/C11H13F2NO2/c12-9-2-1-8(7-10(9)13)14-4-3-11-15-5-6-16-11/h1-2,7,11,14H,3-6H2. The quantitative estimate of drug-likeness (QED) is 0.858. The predicted molar refractivity (Wildman–Crippen MR) is 55.2 cm³/mol. The lowest BCUT2D eigenvalue weighted by molar-refractivity contribution is -0.0439. The van der Waals surface area contributed by atoms with Crippen molar-refractivity contribution in [3.05, 3.63) is 29.8 Å². The fourth-order valence-corrected chi connectivity index (χ4v) is 1.51. The van der Waals surface area contributed by atoms with E-state index in [1.807, 2.05) is 0 Å².